The van der Waals surface area contributed by atoms with Gasteiger partial charge in [0.25, 0.3) is 0 Å². The Morgan fingerprint density at radius 1 is 1.24 bits per heavy atom. The molecular formula is C15H13NO3S2. The van der Waals surface area contributed by atoms with Gasteiger partial charge < -0.3 is 10.4 Å². The normalized spacial score (nSPS) is 18.0. The molecule has 0 fully saturated rings. The van der Waals surface area contributed by atoms with E-state index in [1.807, 2.05) is 24.3 Å². The van der Waals surface area contributed by atoms with E-state index in [2.05, 4.69) is 5.32 Å². The third-order valence-electron chi connectivity index (χ3n) is 3.38. The van der Waals surface area contributed by atoms with Crippen LogP contribution in [-0.2, 0) is 9.59 Å². The molecule has 2 aromatic rings. The molecule has 0 saturated carbocycles. The molecule has 1 aromatic heterocycles. The Labute approximate surface area is 130 Å². The van der Waals surface area contributed by atoms with Crippen LogP contribution >= 0.6 is 23.1 Å². The van der Waals surface area contributed by atoms with Crippen molar-refractivity contribution >= 4 is 35.0 Å². The minimum Gasteiger partial charge on any atom is -0.479 e. The van der Waals surface area contributed by atoms with E-state index in [0.717, 1.165) is 10.5 Å². The summed E-state index contributed by atoms with van der Waals surface area (Å²) >= 11 is 2.96. The van der Waals surface area contributed by atoms with E-state index in [4.69, 9.17) is 0 Å². The molecule has 21 heavy (non-hydrogen) atoms. The van der Waals surface area contributed by atoms with E-state index in [-0.39, 0.29) is 11.8 Å². The number of amides is 1. The van der Waals surface area contributed by atoms with E-state index < -0.39 is 12.0 Å². The number of rotatable bonds is 4. The highest BCUT2D eigenvalue weighted by Crippen LogP contribution is 2.39. The highest BCUT2D eigenvalue weighted by Gasteiger charge is 2.32. The van der Waals surface area contributed by atoms with Crippen LogP contribution in [0.2, 0.25) is 0 Å². The lowest BCUT2D eigenvalue weighted by molar-refractivity contribution is -0.142. The largest absolute Gasteiger partial charge is 0.479 e. The lowest BCUT2D eigenvalue weighted by Crippen LogP contribution is -2.36. The number of carboxylic acids is 1. The minimum absolute atomic E-state index is 0.228. The van der Waals surface area contributed by atoms with Crippen molar-refractivity contribution in [2.24, 2.45) is 0 Å². The second-order valence-corrected chi connectivity index (χ2v) is 6.74. The fraction of sp³-hybridized carbons (Fsp3) is 0.200. The Kier molecular flexibility index (Phi) is 3.98. The Hall–Kier alpha value is -1.79. The second kappa shape index (κ2) is 5.91. The molecule has 6 heteroatoms. The predicted octanol–water partition coefficient (Wildman–Crippen LogP) is 2.88. The van der Waals surface area contributed by atoms with Gasteiger partial charge in [-0.1, -0.05) is 24.3 Å². The molecule has 0 radical (unpaired) electrons. The van der Waals surface area contributed by atoms with Crippen molar-refractivity contribution in [3.63, 3.8) is 0 Å². The van der Waals surface area contributed by atoms with Crippen LogP contribution in [0.15, 0.2) is 46.7 Å². The zero-order valence-corrected chi connectivity index (χ0v) is 12.6. The number of fused-ring (bicyclic) bond motifs is 1. The number of carbonyl (C=O) groups excluding carboxylic acids is 1. The number of nitrogens with one attached hydrogen (secondary N) is 1. The maximum atomic E-state index is 12.4. The van der Waals surface area contributed by atoms with Crippen LogP contribution < -0.4 is 5.32 Å². The highest BCUT2D eigenvalue weighted by atomic mass is 32.2. The first-order chi connectivity index (χ1) is 10.2. The average Bonchev–Trinajstić information content (AvgIpc) is 3.13. The summed E-state index contributed by atoms with van der Waals surface area (Å²) in [5.74, 6) is -0.895. The zero-order valence-electron chi connectivity index (χ0n) is 11.0. The Balaban J connectivity index is 1.79. The number of aliphatic carboxylic acids is 1. The van der Waals surface area contributed by atoms with E-state index in [9.17, 15) is 14.7 Å². The molecule has 0 bridgehead atoms. The Morgan fingerprint density at radius 3 is 2.76 bits per heavy atom. The van der Waals surface area contributed by atoms with Crippen molar-refractivity contribution in [1.82, 2.24) is 5.32 Å². The molecule has 1 amide bonds. The summed E-state index contributed by atoms with van der Waals surface area (Å²) in [6.45, 7) is 0. The molecule has 0 aliphatic carbocycles. The highest BCUT2D eigenvalue weighted by molar-refractivity contribution is 7.99. The van der Waals surface area contributed by atoms with E-state index in [1.165, 1.54) is 11.3 Å². The standard InChI is InChI=1S/C15H13NO3S2/c17-14(10-8-21-11-5-2-1-4-9(10)11)16-13(15(18)19)12-6-3-7-20-12/h1-7,10,13H,8H2,(H,16,17)(H,18,19). The van der Waals surface area contributed by atoms with Crippen LogP contribution in [0.5, 0.6) is 0 Å². The number of hydrogen-bond acceptors (Lipinski definition) is 4. The van der Waals surface area contributed by atoms with Crippen LogP contribution in [-0.4, -0.2) is 22.7 Å². The molecule has 0 saturated heterocycles. The average molecular weight is 319 g/mol. The molecule has 2 heterocycles. The fourth-order valence-corrected chi connectivity index (χ4v) is 4.33. The van der Waals surface area contributed by atoms with Crippen molar-refractivity contribution in [3.8, 4) is 0 Å². The van der Waals surface area contributed by atoms with Crippen LogP contribution in [0.3, 0.4) is 0 Å². The molecule has 1 aromatic carbocycles. The van der Waals surface area contributed by atoms with Crippen molar-refractivity contribution in [1.29, 1.82) is 0 Å². The zero-order chi connectivity index (χ0) is 14.8. The lowest BCUT2D eigenvalue weighted by atomic mass is 10.00. The summed E-state index contributed by atoms with van der Waals surface area (Å²) in [6, 6.07) is 10.3. The van der Waals surface area contributed by atoms with Crippen LogP contribution in [0.4, 0.5) is 0 Å². The van der Waals surface area contributed by atoms with Crippen LogP contribution in [0.25, 0.3) is 0 Å². The molecule has 4 nitrogen and oxygen atoms in total. The van der Waals surface area contributed by atoms with Gasteiger partial charge in [0.05, 0.1) is 5.92 Å². The van der Waals surface area contributed by atoms with Crippen molar-refractivity contribution in [2.75, 3.05) is 5.75 Å². The Bertz CT molecular complexity index is 669. The van der Waals surface area contributed by atoms with Gasteiger partial charge in [0, 0.05) is 15.5 Å². The van der Waals surface area contributed by atoms with E-state index in [0.29, 0.717) is 10.6 Å². The summed E-state index contributed by atoms with van der Waals surface area (Å²) in [5.41, 5.74) is 0.982. The van der Waals surface area contributed by atoms with Crippen molar-refractivity contribution in [3.05, 3.63) is 52.2 Å². The first kappa shape index (κ1) is 14.2. The number of carbonyl (C=O) groups is 2. The molecule has 2 unspecified atom stereocenters. The molecule has 1 aliphatic heterocycles. The molecule has 3 rings (SSSR count). The van der Waals surface area contributed by atoms with Crippen LogP contribution in [0.1, 0.15) is 22.4 Å². The molecule has 2 atom stereocenters. The summed E-state index contributed by atoms with van der Waals surface area (Å²) < 4.78 is 0. The summed E-state index contributed by atoms with van der Waals surface area (Å²) in [5, 5.41) is 13.8. The number of carboxylic acid groups (broad SMARTS) is 1. The Morgan fingerprint density at radius 2 is 2.05 bits per heavy atom. The quantitative estimate of drug-likeness (QED) is 0.909. The topological polar surface area (TPSA) is 66.4 Å². The maximum absolute atomic E-state index is 12.4. The van der Waals surface area contributed by atoms with Gasteiger partial charge >= 0.3 is 5.97 Å². The molecule has 0 spiro atoms. The summed E-state index contributed by atoms with van der Waals surface area (Å²) in [7, 11) is 0. The van der Waals surface area contributed by atoms with E-state index in [1.54, 1.807) is 29.3 Å². The number of thioether (sulfide) groups is 1. The van der Waals surface area contributed by atoms with Gasteiger partial charge in [-0.3, -0.25) is 4.79 Å². The van der Waals surface area contributed by atoms with Crippen molar-refractivity contribution in [2.45, 2.75) is 16.9 Å². The number of thiophene rings is 1. The second-order valence-electron chi connectivity index (χ2n) is 4.70. The molecular weight excluding hydrogens is 306 g/mol. The minimum atomic E-state index is -1.04. The summed E-state index contributed by atoms with van der Waals surface area (Å²) in [4.78, 5) is 25.5. The number of benzene rings is 1. The molecule has 108 valence electrons. The first-order valence-electron chi connectivity index (χ1n) is 6.45. The smallest absolute Gasteiger partial charge is 0.331 e. The number of hydrogen-bond donors (Lipinski definition) is 2. The predicted molar refractivity (Wildman–Crippen MR) is 82.7 cm³/mol. The fourth-order valence-electron chi connectivity index (χ4n) is 2.33. The maximum Gasteiger partial charge on any atom is 0.331 e. The molecule has 2 N–H and O–H groups in total. The summed E-state index contributed by atoms with van der Waals surface area (Å²) in [6.07, 6.45) is 0. The first-order valence-corrected chi connectivity index (χ1v) is 8.31. The SMILES string of the molecule is O=C(NC(C(=O)O)c1cccs1)C1CSc2ccccc21. The molecule has 1 aliphatic rings. The van der Waals surface area contributed by atoms with Gasteiger partial charge in [-0.2, -0.15) is 0 Å². The third-order valence-corrected chi connectivity index (χ3v) is 5.50. The van der Waals surface area contributed by atoms with Gasteiger partial charge in [-0.05, 0) is 23.1 Å². The van der Waals surface area contributed by atoms with E-state index >= 15 is 0 Å². The third kappa shape index (κ3) is 2.82. The van der Waals surface area contributed by atoms with Gasteiger partial charge in [0.2, 0.25) is 5.91 Å². The monoisotopic (exact) mass is 319 g/mol. The van der Waals surface area contributed by atoms with Gasteiger partial charge in [-0.15, -0.1) is 23.1 Å². The van der Waals surface area contributed by atoms with Gasteiger partial charge in [-0.25, -0.2) is 4.79 Å². The van der Waals surface area contributed by atoms with Gasteiger partial charge in [0.15, 0.2) is 6.04 Å². The van der Waals surface area contributed by atoms with Crippen molar-refractivity contribution < 1.29 is 14.7 Å². The van der Waals surface area contributed by atoms with Crippen LogP contribution in [0, 0.1) is 0 Å². The lowest BCUT2D eigenvalue weighted by Gasteiger charge is -2.16. The van der Waals surface area contributed by atoms with Gasteiger partial charge in [0.1, 0.15) is 0 Å².